The molecule has 3 aromatic rings. The number of carbonyl (C=O) groups excluding carboxylic acids is 1. The van der Waals surface area contributed by atoms with Gasteiger partial charge in [-0.1, -0.05) is 0 Å². The Balaban J connectivity index is 1.79. The second-order valence-corrected chi connectivity index (χ2v) is 5.43. The number of carbonyl (C=O) groups is 1. The van der Waals surface area contributed by atoms with Crippen molar-refractivity contribution in [3.05, 3.63) is 70.5 Å². The van der Waals surface area contributed by atoms with E-state index in [2.05, 4.69) is 10.4 Å². The first-order valence-corrected chi connectivity index (χ1v) is 7.53. The van der Waals surface area contributed by atoms with Crippen LogP contribution >= 0.6 is 0 Å². The van der Waals surface area contributed by atoms with Crippen molar-refractivity contribution in [2.24, 2.45) is 0 Å². The third-order valence-corrected chi connectivity index (χ3v) is 3.49. The average molecular weight is 381 g/mol. The molecule has 0 radical (unpaired) electrons. The van der Waals surface area contributed by atoms with Gasteiger partial charge in [0.05, 0.1) is 11.8 Å². The number of amides is 1. The maximum absolute atomic E-state index is 13.3. The van der Waals surface area contributed by atoms with Gasteiger partial charge in [-0.25, -0.2) is 9.07 Å². The average Bonchev–Trinajstić information content (AvgIpc) is 3.12. The molecule has 140 valence electrons. The first-order valence-electron chi connectivity index (χ1n) is 7.53. The standard InChI is InChI=1S/C17H11F4N3O3/c18-12-4-3-10(8-11(12)17(19,20)21)22-15(25)9-24-16(26)6-5-13(23-24)14-2-1-7-27-14/h1-8H,9H2,(H,22,25). The zero-order chi connectivity index (χ0) is 19.6. The molecule has 27 heavy (non-hydrogen) atoms. The lowest BCUT2D eigenvalue weighted by atomic mass is 10.2. The minimum absolute atomic E-state index is 0.260. The van der Waals surface area contributed by atoms with Gasteiger partial charge < -0.3 is 9.73 Å². The highest BCUT2D eigenvalue weighted by Gasteiger charge is 2.34. The number of nitrogens with zero attached hydrogens (tertiary/aromatic N) is 2. The van der Waals surface area contributed by atoms with E-state index in [1.807, 2.05) is 0 Å². The molecule has 1 amide bonds. The number of hydrogen-bond donors (Lipinski definition) is 1. The molecule has 2 heterocycles. The maximum Gasteiger partial charge on any atom is 0.419 e. The van der Waals surface area contributed by atoms with Gasteiger partial charge in [0.1, 0.15) is 18.1 Å². The van der Waals surface area contributed by atoms with E-state index in [-0.39, 0.29) is 5.69 Å². The van der Waals surface area contributed by atoms with Gasteiger partial charge in [0.2, 0.25) is 5.91 Å². The summed E-state index contributed by atoms with van der Waals surface area (Å²) < 4.78 is 57.5. The number of aromatic nitrogens is 2. The minimum Gasteiger partial charge on any atom is -0.463 e. The number of rotatable bonds is 4. The normalized spacial score (nSPS) is 11.4. The van der Waals surface area contributed by atoms with Crippen molar-refractivity contribution in [1.29, 1.82) is 0 Å². The third kappa shape index (κ3) is 4.22. The van der Waals surface area contributed by atoms with Crippen LogP contribution in [0.4, 0.5) is 23.2 Å². The van der Waals surface area contributed by atoms with E-state index in [0.717, 1.165) is 10.7 Å². The molecule has 6 nitrogen and oxygen atoms in total. The summed E-state index contributed by atoms with van der Waals surface area (Å²) in [5, 5.41) is 6.16. The fraction of sp³-hybridized carbons (Fsp3) is 0.118. The number of hydrogen-bond acceptors (Lipinski definition) is 4. The van der Waals surface area contributed by atoms with Crippen LogP contribution < -0.4 is 10.9 Å². The monoisotopic (exact) mass is 381 g/mol. The first kappa shape index (κ1) is 18.4. The number of halogens is 4. The predicted octanol–water partition coefficient (Wildman–Crippen LogP) is 3.30. The molecule has 0 saturated heterocycles. The van der Waals surface area contributed by atoms with E-state index in [1.54, 1.807) is 12.1 Å². The second kappa shape index (κ2) is 7.06. The Morgan fingerprint density at radius 3 is 2.63 bits per heavy atom. The molecule has 0 unspecified atom stereocenters. The van der Waals surface area contributed by atoms with Crippen molar-refractivity contribution in [3.8, 4) is 11.5 Å². The molecule has 0 bridgehead atoms. The zero-order valence-corrected chi connectivity index (χ0v) is 13.5. The smallest absolute Gasteiger partial charge is 0.419 e. The fourth-order valence-electron chi connectivity index (χ4n) is 2.27. The van der Waals surface area contributed by atoms with Gasteiger partial charge in [0.25, 0.3) is 5.56 Å². The largest absolute Gasteiger partial charge is 0.463 e. The minimum atomic E-state index is -4.90. The highest BCUT2D eigenvalue weighted by molar-refractivity contribution is 5.90. The lowest BCUT2D eigenvalue weighted by molar-refractivity contribution is -0.140. The summed E-state index contributed by atoms with van der Waals surface area (Å²) in [6, 6.07) is 7.87. The lowest BCUT2D eigenvalue weighted by Gasteiger charge is -2.11. The molecule has 1 N–H and O–H groups in total. The Kier molecular flexibility index (Phi) is 4.80. The van der Waals surface area contributed by atoms with E-state index in [0.29, 0.717) is 23.6 Å². The molecule has 0 aliphatic heterocycles. The van der Waals surface area contributed by atoms with Gasteiger partial charge in [0, 0.05) is 11.8 Å². The van der Waals surface area contributed by atoms with Crippen LogP contribution in [0.25, 0.3) is 11.5 Å². The van der Waals surface area contributed by atoms with Crippen LogP contribution in [0.5, 0.6) is 0 Å². The fourth-order valence-corrected chi connectivity index (χ4v) is 2.27. The van der Waals surface area contributed by atoms with E-state index < -0.39 is 35.6 Å². The molecule has 0 fully saturated rings. The van der Waals surface area contributed by atoms with E-state index in [9.17, 15) is 27.2 Å². The van der Waals surface area contributed by atoms with Crippen molar-refractivity contribution in [1.82, 2.24) is 9.78 Å². The summed E-state index contributed by atoms with van der Waals surface area (Å²) in [5.74, 6) is -1.89. The number of benzene rings is 1. The van der Waals surface area contributed by atoms with Gasteiger partial charge in [-0.05, 0) is 36.4 Å². The van der Waals surface area contributed by atoms with Gasteiger partial charge in [-0.3, -0.25) is 9.59 Å². The Bertz CT molecular complexity index is 1030. The van der Waals surface area contributed by atoms with E-state index in [4.69, 9.17) is 4.42 Å². The van der Waals surface area contributed by atoms with Crippen molar-refractivity contribution in [2.75, 3.05) is 5.32 Å². The topological polar surface area (TPSA) is 77.1 Å². The first-order chi connectivity index (χ1) is 12.7. The Morgan fingerprint density at radius 1 is 1.19 bits per heavy atom. The zero-order valence-electron chi connectivity index (χ0n) is 13.5. The van der Waals surface area contributed by atoms with Crippen molar-refractivity contribution in [2.45, 2.75) is 12.7 Å². The van der Waals surface area contributed by atoms with Crippen LogP contribution in [0.3, 0.4) is 0 Å². The number of anilines is 1. The highest BCUT2D eigenvalue weighted by atomic mass is 19.4. The Morgan fingerprint density at radius 2 is 1.96 bits per heavy atom. The summed E-state index contributed by atoms with van der Waals surface area (Å²) >= 11 is 0. The van der Waals surface area contributed by atoms with Crippen LogP contribution in [-0.4, -0.2) is 15.7 Å². The van der Waals surface area contributed by atoms with Gasteiger partial charge >= 0.3 is 6.18 Å². The molecule has 0 aliphatic rings. The molecule has 2 aromatic heterocycles. The van der Waals surface area contributed by atoms with Gasteiger partial charge in [0.15, 0.2) is 5.76 Å². The van der Waals surface area contributed by atoms with Crippen molar-refractivity contribution >= 4 is 11.6 Å². The molecule has 0 aliphatic carbocycles. The molecule has 0 saturated carbocycles. The summed E-state index contributed by atoms with van der Waals surface area (Å²) in [5.41, 5.74) is -2.05. The van der Waals surface area contributed by atoms with Crippen LogP contribution in [0.1, 0.15) is 5.56 Å². The molecule has 1 aromatic carbocycles. The van der Waals surface area contributed by atoms with Crippen LogP contribution in [0.15, 0.2) is 57.9 Å². The number of furan rings is 1. The second-order valence-electron chi connectivity index (χ2n) is 5.43. The SMILES string of the molecule is O=C(Cn1nc(-c2ccco2)ccc1=O)Nc1ccc(F)c(C(F)(F)F)c1. The molecular weight excluding hydrogens is 370 g/mol. The third-order valence-electron chi connectivity index (χ3n) is 3.49. The number of alkyl halides is 3. The summed E-state index contributed by atoms with van der Waals surface area (Å²) in [7, 11) is 0. The number of nitrogens with one attached hydrogen (secondary N) is 1. The van der Waals surface area contributed by atoms with E-state index >= 15 is 0 Å². The molecular formula is C17H11F4N3O3. The maximum atomic E-state index is 13.3. The van der Waals surface area contributed by atoms with Crippen molar-refractivity contribution < 1.29 is 26.8 Å². The van der Waals surface area contributed by atoms with Crippen LogP contribution in [-0.2, 0) is 17.5 Å². The summed E-state index contributed by atoms with van der Waals surface area (Å²) in [4.78, 5) is 23.9. The van der Waals surface area contributed by atoms with Crippen molar-refractivity contribution in [3.63, 3.8) is 0 Å². The summed E-state index contributed by atoms with van der Waals surface area (Å²) in [6.45, 7) is -0.549. The van der Waals surface area contributed by atoms with E-state index in [1.165, 1.54) is 18.4 Å². The van der Waals surface area contributed by atoms with Crippen LogP contribution in [0, 0.1) is 5.82 Å². The Hall–Kier alpha value is -3.43. The quantitative estimate of drug-likeness (QED) is 0.704. The van der Waals surface area contributed by atoms with Gasteiger partial charge in [-0.15, -0.1) is 0 Å². The molecule has 0 spiro atoms. The molecule has 3 rings (SSSR count). The molecule has 10 heteroatoms. The summed E-state index contributed by atoms with van der Waals surface area (Å²) in [6.07, 6.45) is -3.49. The predicted molar refractivity (Wildman–Crippen MR) is 86.2 cm³/mol. The lowest BCUT2D eigenvalue weighted by Crippen LogP contribution is -2.29. The van der Waals surface area contributed by atoms with Crippen LogP contribution in [0.2, 0.25) is 0 Å². The molecule has 0 atom stereocenters. The van der Waals surface area contributed by atoms with Gasteiger partial charge in [-0.2, -0.15) is 18.3 Å². The Labute approximate surface area is 149 Å². The highest BCUT2D eigenvalue weighted by Crippen LogP contribution is 2.32.